The van der Waals surface area contributed by atoms with Crippen molar-refractivity contribution in [3.63, 3.8) is 0 Å². The third kappa shape index (κ3) is 2.96. The molecule has 20 heavy (non-hydrogen) atoms. The van der Waals surface area contributed by atoms with Crippen molar-refractivity contribution in [2.75, 3.05) is 7.11 Å². The Morgan fingerprint density at radius 1 is 1.05 bits per heavy atom. The van der Waals surface area contributed by atoms with Gasteiger partial charge in [-0.2, -0.15) is 0 Å². The minimum atomic E-state index is -3.94. The predicted molar refractivity (Wildman–Crippen MR) is 70.2 cm³/mol. The van der Waals surface area contributed by atoms with Gasteiger partial charge in [0.1, 0.15) is 22.3 Å². The minimum absolute atomic E-state index is 0.0333. The fourth-order valence-corrected chi connectivity index (χ4v) is 3.20. The van der Waals surface area contributed by atoms with E-state index in [1.165, 1.54) is 31.4 Å². The lowest BCUT2D eigenvalue weighted by Gasteiger charge is -2.08. The highest BCUT2D eigenvalue weighted by atomic mass is 32.2. The Kier molecular flexibility index (Phi) is 4.04. The van der Waals surface area contributed by atoms with Crippen LogP contribution in [0.1, 0.15) is 5.56 Å². The summed E-state index contributed by atoms with van der Waals surface area (Å²) in [7, 11) is -2.56. The summed E-state index contributed by atoms with van der Waals surface area (Å²) in [4.78, 5) is -0.435. The Balaban J connectivity index is 2.36. The smallest absolute Gasteiger partial charge is 0.185 e. The molecule has 106 valence electrons. The molecule has 6 heteroatoms. The maximum atomic E-state index is 13.7. The third-order valence-electron chi connectivity index (χ3n) is 2.78. The van der Waals surface area contributed by atoms with Crippen molar-refractivity contribution >= 4 is 9.84 Å². The number of sulfone groups is 1. The van der Waals surface area contributed by atoms with Gasteiger partial charge < -0.3 is 4.74 Å². The average Bonchev–Trinajstić information content (AvgIpc) is 2.41. The van der Waals surface area contributed by atoms with Crippen LogP contribution in [-0.2, 0) is 15.6 Å². The Bertz CT molecular complexity index is 727. The molecule has 0 aliphatic rings. The van der Waals surface area contributed by atoms with E-state index in [0.29, 0.717) is 0 Å². The largest absolute Gasteiger partial charge is 0.497 e. The lowest BCUT2D eigenvalue weighted by Crippen LogP contribution is -2.08. The lowest BCUT2D eigenvalue weighted by molar-refractivity contribution is 0.411. The van der Waals surface area contributed by atoms with Crippen LogP contribution in [0, 0.1) is 11.6 Å². The molecule has 0 saturated carbocycles. The van der Waals surface area contributed by atoms with E-state index in [-0.39, 0.29) is 11.3 Å². The first-order chi connectivity index (χ1) is 9.44. The van der Waals surface area contributed by atoms with Crippen molar-refractivity contribution in [3.05, 3.63) is 59.7 Å². The zero-order valence-corrected chi connectivity index (χ0v) is 11.5. The van der Waals surface area contributed by atoms with Crippen molar-refractivity contribution in [2.45, 2.75) is 10.6 Å². The Morgan fingerprint density at radius 3 is 2.35 bits per heavy atom. The molecular weight excluding hydrogens is 286 g/mol. The topological polar surface area (TPSA) is 43.4 Å². The first kappa shape index (κ1) is 14.5. The van der Waals surface area contributed by atoms with Crippen LogP contribution in [0.15, 0.2) is 47.4 Å². The molecule has 0 fully saturated rings. The van der Waals surface area contributed by atoms with Gasteiger partial charge in [0.15, 0.2) is 9.84 Å². The molecule has 2 aromatic rings. The van der Waals surface area contributed by atoms with Gasteiger partial charge in [-0.25, -0.2) is 17.2 Å². The van der Waals surface area contributed by atoms with Gasteiger partial charge in [0.25, 0.3) is 0 Å². The first-order valence-electron chi connectivity index (χ1n) is 5.74. The van der Waals surface area contributed by atoms with Crippen LogP contribution in [0.4, 0.5) is 8.78 Å². The highest BCUT2D eigenvalue weighted by molar-refractivity contribution is 7.90. The van der Waals surface area contributed by atoms with E-state index in [4.69, 9.17) is 4.74 Å². The quantitative estimate of drug-likeness (QED) is 0.871. The predicted octanol–water partition coefficient (Wildman–Crippen LogP) is 2.95. The van der Waals surface area contributed by atoms with E-state index in [1.54, 1.807) is 0 Å². The molecule has 0 saturated heterocycles. The fraction of sp³-hybridized carbons (Fsp3) is 0.143. The lowest BCUT2D eigenvalue weighted by atomic mass is 10.2. The van der Waals surface area contributed by atoms with Crippen molar-refractivity contribution < 1.29 is 21.9 Å². The number of rotatable bonds is 4. The molecule has 0 bridgehead atoms. The van der Waals surface area contributed by atoms with E-state index < -0.39 is 32.1 Å². The summed E-state index contributed by atoms with van der Waals surface area (Å²) in [5.41, 5.74) is -0.0333. The number of methoxy groups -OCH3 is 1. The van der Waals surface area contributed by atoms with Crippen LogP contribution < -0.4 is 4.74 Å². The van der Waals surface area contributed by atoms with Gasteiger partial charge in [-0.3, -0.25) is 0 Å². The van der Waals surface area contributed by atoms with Crippen LogP contribution in [0.2, 0.25) is 0 Å². The molecule has 2 aromatic carbocycles. The van der Waals surface area contributed by atoms with Crippen molar-refractivity contribution in [2.24, 2.45) is 0 Å². The SMILES string of the molecule is COc1ccc(CS(=O)(=O)c2ccccc2F)c(F)c1. The summed E-state index contributed by atoms with van der Waals surface area (Å²) >= 11 is 0. The molecule has 0 amide bonds. The van der Waals surface area contributed by atoms with Crippen LogP contribution in [-0.4, -0.2) is 15.5 Å². The van der Waals surface area contributed by atoms with Gasteiger partial charge in [-0.15, -0.1) is 0 Å². The number of hydrogen-bond donors (Lipinski definition) is 0. The van der Waals surface area contributed by atoms with Crippen LogP contribution in [0.25, 0.3) is 0 Å². The Morgan fingerprint density at radius 2 is 1.75 bits per heavy atom. The van der Waals surface area contributed by atoms with E-state index in [0.717, 1.165) is 18.2 Å². The molecule has 0 aliphatic carbocycles. The highest BCUT2D eigenvalue weighted by Gasteiger charge is 2.21. The summed E-state index contributed by atoms with van der Waals surface area (Å²) in [6, 6.07) is 8.88. The van der Waals surface area contributed by atoms with Crippen LogP contribution >= 0.6 is 0 Å². The second-order valence-electron chi connectivity index (χ2n) is 4.15. The maximum absolute atomic E-state index is 13.7. The zero-order chi connectivity index (χ0) is 14.8. The molecule has 0 unspecified atom stereocenters. The highest BCUT2D eigenvalue weighted by Crippen LogP contribution is 2.23. The molecule has 0 heterocycles. The van der Waals surface area contributed by atoms with Gasteiger partial charge in [-0.1, -0.05) is 18.2 Å². The van der Waals surface area contributed by atoms with Crippen molar-refractivity contribution in [1.29, 1.82) is 0 Å². The summed E-state index contributed by atoms with van der Waals surface area (Å²) in [5, 5.41) is 0. The van der Waals surface area contributed by atoms with Crippen molar-refractivity contribution in [1.82, 2.24) is 0 Å². The molecule has 3 nitrogen and oxygen atoms in total. The molecule has 0 aliphatic heterocycles. The molecule has 0 radical (unpaired) electrons. The van der Waals surface area contributed by atoms with Gasteiger partial charge >= 0.3 is 0 Å². The summed E-state index contributed by atoms with van der Waals surface area (Å²) < 4.78 is 56.3. The van der Waals surface area contributed by atoms with Gasteiger partial charge in [-0.05, 0) is 18.2 Å². The van der Waals surface area contributed by atoms with Gasteiger partial charge in [0, 0.05) is 11.6 Å². The summed E-state index contributed by atoms with van der Waals surface area (Å²) in [5.74, 6) is -1.87. The molecule has 0 N–H and O–H groups in total. The molecular formula is C14H12F2O3S. The first-order valence-corrected chi connectivity index (χ1v) is 7.39. The summed E-state index contributed by atoms with van der Waals surface area (Å²) in [6.45, 7) is 0. The summed E-state index contributed by atoms with van der Waals surface area (Å²) in [6.07, 6.45) is 0. The standard InChI is InChI=1S/C14H12F2O3S/c1-19-11-7-6-10(13(16)8-11)9-20(17,18)14-5-3-2-4-12(14)15/h2-8H,9H2,1H3. The third-order valence-corrected chi connectivity index (χ3v) is 4.47. The second kappa shape index (κ2) is 5.58. The fourth-order valence-electron chi connectivity index (χ4n) is 1.75. The van der Waals surface area contributed by atoms with Gasteiger partial charge in [0.05, 0.1) is 12.9 Å². The average molecular weight is 298 g/mol. The molecule has 0 spiro atoms. The van der Waals surface area contributed by atoms with Gasteiger partial charge in [0.2, 0.25) is 0 Å². The maximum Gasteiger partial charge on any atom is 0.185 e. The molecule has 0 atom stereocenters. The van der Waals surface area contributed by atoms with Crippen molar-refractivity contribution in [3.8, 4) is 5.75 Å². The monoisotopic (exact) mass is 298 g/mol. The van der Waals surface area contributed by atoms with Crippen LogP contribution in [0.3, 0.4) is 0 Å². The zero-order valence-electron chi connectivity index (χ0n) is 10.6. The van der Waals surface area contributed by atoms with E-state index >= 15 is 0 Å². The Hall–Kier alpha value is -1.95. The Labute approximate surface area is 115 Å². The number of ether oxygens (including phenoxy) is 1. The number of hydrogen-bond acceptors (Lipinski definition) is 3. The van der Waals surface area contributed by atoms with E-state index in [1.807, 2.05) is 0 Å². The second-order valence-corrected chi connectivity index (χ2v) is 6.10. The normalized spacial score (nSPS) is 11.3. The molecule has 2 rings (SSSR count). The van der Waals surface area contributed by atoms with E-state index in [2.05, 4.69) is 0 Å². The minimum Gasteiger partial charge on any atom is -0.497 e. The number of benzene rings is 2. The number of halogens is 2. The van der Waals surface area contributed by atoms with E-state index in [9.17, 15) is 17.2 Å². The van der Waals surface area contributed by atoms with Crippen LogP contribution in [0.5, 0.6) is 5.75 Å². The molecule has 0 aromatic heterocycles.